The zero-order valence-corrected chi connectivity index (χ0v) is 17.0. The van der Waals surface area contributed by atoms with Crippen molar-refractivity contribution in [1.82, 2.24) is 4.98 Å². The molecule has 1 fully saturated rings. The van der Waals surface area contributed by atoms with Crippen molar-refractivity contribution in [2.24, 2.45) is 0 Å². The highest BCUT2D eigenvalue weighted by atomic mass is 32.2. The maximum atomic E-state index is 12.7. The zero-order valence-electron chi connectivity index (χ0n) is 15.3. The Kier molecular flexibility index (Phi) is 6.26. The van der Waals surface area contributed by atoms with Crippen molar-refractivity contribution in [2.75, 3.05) is 36.5 Å². The smallest absolute Gasteiger partial charge is 0.266 e. The molecule has 0 bridgehead atoms. The molecule has 28 heavy (non-hydrogen) atoms. The van der Waals surface area contributed by atoms with Crippen LogP contribution in [0.4, 0.5) is 11.4 Å². The predicted octanol–water partition coefficient (Wildman–Crippen LogP) is 4.52. The minimum absolute atomic E-state index is 0.0636. The predicted molar refractivity (Wildman–Crippen MR) is 116 cm³/mol. The molecule has 1 aliphatic heterocycles. The van der Waals surface area contributed by atoms with Crippen LogP contribution < -0.4 is 10.2 Å². The number of morpholine rings is 1. The van der Waals surface area contributed by atoms with Crippen LogP contribution in [-0.4, -0.2) is 37.2 Å². The van der Waals surface area contributed by atoms with Crippen molar-refractivity contribution in [1.29, 1.82) is 0 Å². The van der Waals surface area contributed by atoms with Crippen LogP contribution in [0.2, 0.25) is 0 Å². The van der Waals surface area contributed by atoms with Gasteiger partial charge in [-0.25, -0.2) is 0 Å². The quantitative estimate of drug-likeness (QED) is 0.604. The van der Waals surface area contributed by atoms with Gasteiger partial charge in [-0.05, 0) is 53.4 Å². The number of hydrogen-bond donors (Lipinski definition) is 1. The number of amides is 1. The minimum Gasteiger partial charge on any atom is -0.378 e. The molecule has 0 aliphatic carbocycles. The van der Waals surface area contributed by atoms with Gasteiger partial charge in [0.15, 0.2) is 0 Å². The van der Waals surface area contributed by atoms with Gasteiger partial charge in [-0.1, -0.05) is 0 Å². The van der Waals surface area contributed by atoms with Crippen molar-refractivity contribution < 1.29 is 9.53 Å². The zero-order chi connectivity index (χ0) is 19.2. The summed E-state index contributed by atoms with van der Waals surface area (Å²) in [5.74, 6) is 0.750. The highest BCUT2D eigenvalue weighted by molar-refractivity contribution is 7.98. The Morgan fingerprint density at radius 1 is 1.11 bits per heavy atom. The molecule has 0 spiro atoms. The largest absolute Gasteiger partial charge is 0.378 e. The summed E-state index contributed by atoms with van der Waals surface area (Å²) in [5.41, 5.74) is 3.16. The Bertz CT molecular complexity index is 907. The maximum absolute atomic E-state index is 12.7. The number of pyridine rings is 1. The lowest BCUT2D eigenvalue weighted by Crippen LogP contribution is -2.36. The molecule has 1 N–H and O–H groups in total. The number of nitrogens with zero attached hydrogens (tertiary/aromatic N) is 2. The van der Waals surface area contributed by atoms with Crippen molar-refractivity contribution in [3.8, 4) is 0 Å². The molecule has 1 aliphatic rings. The number of thiophene rings is 1. The maximum Gasteiger partial charge on any atom is 0.266 e. The van der Waals surface area contributed by atoms with Crippen LogP contribution in [0.25, 0.3) is 0 Å². The number of nitrogens with one attached hydrogen (secondary N) is 1. The molecular formula is C21H21N3O2S2. The Balaban J connectivity index is 1.38. The van der Waals surface area contributed by atoms with E-state index in [0.717, 1.165) is 53.2 Å². The number of ether oxygens (including phenoxy) is 1. The summed E-state index contributed by atoms with van der Waals surface area (Å²) in [6.45, 7) is 3.32. The number of carbonyl (C=O) groups is 1. The highest BCUT2D eigenvalue weighted by Gasteiger charge is 2.15. The fourth-order valence-electron chi connectivity index (χ4n) is 2.98. The van der Waals surface area contributed by atoms with Crippen molar-refractivity contribution in [3.05, 3.63) is 70.7 Å². The molecule has 144 valence electrons. The van der Waals surface area contributed by atoms with Gasteiger partial charge in [-0.3, -0.25) is 9.78 Å². The first-order valence-electron chi connectivity index (χ1n) is 9.13. The topological polar surface area (TPSA) is 54.5 Å². The molecule has 1 saturated heterocycles. The van der Waals surface area contributed by atoms with Gasteiger partial charge in [0.1, 0.15) is 4.88 Å². The fourth-order valence-corrected chi connectivity index (χ4v) is 4.97. The van der Waals surface area contributed by atoms with Crippen molar-refractivity contribution in [2.45, 2.75) is 10.6 Å². The van der Waals surface area contributed by atoms with Crippen LogP contribution in [0.5, 0.6) is 0 Å². The van der Waals surface area contributed by atoms with Crippen LogP contribution >= 0.6 is 23.1 Å². The molecule has 7 heteroatoms. The van der Waals surface area contributed by atoms with Gasteiger partial charge in [-0.2, -0.15) is 0 Å². The summed E-state index contributed by atoms with van der Waals surface area (Å²) in [7, 11) is 0. The molecule has 2 aromatic heterocycles. The fraction of sp³-hybridized carbons (Fsp3) is 0.238. The SMILES string of the molecule is O=C(Nc1ccc(N2CCOCC2)cc1)c1sccc1SCc1ccncc1. The number of thioether (sulfide) groups is 1. The second kappa shape index (κ2) is 9.23. The molecule has 3 aromatic rings. The Labute approximate surface area is 172 Å². The van der Waals surface area contributed by atoms with Crippen molar-refractivity contribution in [3.63, 3.8) is 0 Å². The van der Waals surface area contributed by atoms with Crippen LogP contribution in [0.15, 0.2) is 65.1 Å². The summed E-state index contributed by atoms with van der Waals surface area (Å²) >= 11 is 3.14. The van der Waals surface area contributed by atoms with Gasteiger partial charge >= 0.3 is 0 Å². The standard InChI is InChI=1S/C21H21N3O2S2/c25-21(20-19(7-14-27-20)28-15-16-5-8-22-9-6-16)23-17-1-3-18(4-2-17)24-10-12-26-13-11-24/h1-9,14H,10-13,15H2,(H,23,25). The summed E-state index contributed by atoms with van der Waals surface area (Å²) in [5, 5.41) is 4.98. The average Bonchev–Trinajstić information content (AvgIpc) is 3.23. The van der Waals surface area contributed by atoms with Crippen LogP contribution in [0.1, 0.15) is 15.2 Å². The summed E-state index contributed by atoms with van der Waals surface area (Å²) in [6.07, 6.45) is 3.58. The molecular weight excluding hydrogens is 390 g/mol. The number of rotatable bonds is 6. The molecule has 0 saturated carbocycles. The van der Waals surface area contributed by atoms with Gasteiger partial charge in [0.05, 0.1) is 13.2 Å². The lowest BCUT2D eigenvalue weighted by atomic mass is 10.2. The number of anilines is 2. The number of benzene rings is 1. The first-order valence-corrected chi connectivity index (χ1v) is 11.0. The summed E-state index contributed by atoms with van der Waals surface area (Å²) in [4.78, 5) is 20.8. The van der Waals surface area contributed by atoms with Crippen LogP contribution in [-0.2, 0) is 10.5 Å². The van der Waals surface area contributed by atoms with E-state index in [1.54, 1.807) is 24.2 Å². The molecule has 3 heterocycles. The second-order valence-corrected chi connectivity index (χ2v) is 8.29. The van der Waals surface area contributed by atoms with Gasteiger partial charge < -0.3 is 15.0 Å². The molecule has 1 amide bonds. The molecule has 0 atom stereocenters. The van der Waals surface area contributed by atoms with Crippen molar-refractivity contribution >= 4 is 40.4 Å². The number of carbonyl (C=O) groups excluding carboxylic acids is 1. The van der Waals surface area contributed by atoms with E-state index in [2.05, 4.69) is 27.3 Å². The first kappa shape index (κ1) is 19.0. The van der Waals surface area contributed by atoms with Gasteiger partial charge in [0, 0.05) is 47.5 Å². The van der Waals surface area contributed by atoms with E-state index in [9.17, 15) is 4.79 Å². The van der Waals surface area contributed by atoms with E-state index in [1.165, 1.54) is 16.9 Å². The summed E-state index contributed by atoms with van der Waals surface area (Å²) in [6, 6.07) is 14.0. The van der Waals surface area contributed by atoms with E-state index in [0.29, 0.717) is 0 Å². The Hall–Kier alpha value is -2.35. The van der Waals surface area contributed by atoms with E-state index >= 15 is 0 Å². The van der Waals surface area contributed by atoms with E-state index in [1.807, 2.05) is 35.7 Å². The Morgan fingerprint density at radius 2 is 1.86 bits per heavy atom. The molecule has 0 unspecified atom stereocenters. The third-order valence-corrected chi connectivity index (χ3v) is 6.65. The van der Waals surface area contributed by atoms with Gasteiger partial charge in [0.25, 0.3) is 5.91 Å². The van der Waals surface area contributed by atoms with E-state index in [-0.39, 0.29) is 5.91 Å². The van der Waals surface area contributed by atoms with Crippen LogP contribution in [0, 0.1) is 0 Å². The number of hydrogen-bond acceptors (Lipinski definition) is 6. The van der Waals surface area contributed by atoms with Gasteiger partial charge in [0.2, 0.25) is 0 Å². The highest BCUT2D eigenvalue weighted by Crippen LogP contribution is 2.31. The minimum atomic E-state index is -0.0636. The third-order valence-electron chi connectivity index (χ3n) is 4.48. The van der Waals surface area contributed by atoms with Gasteiger partial charge in [-0.15, -0.1) is 23.1 Å². The molecule has 4 rings (SSSR count). The van der Waals surface area contributed by atoms with E-state index < -0.39 is 0 Å². The second-order valence-electron chi connectivity index (χ2n) is 6.36. The first-order chi connectivity index (χ1) is 13.8. The monoisotopic (exact) mass is 411 g/mol. The normalized spacial score (nSPS) is 14.1. The molecule has 5 nitrogen and oxygen atoms in total. The number of aromatic nitrogens is 1. The van der Waals surface area contributed by atoms with E-state index in [4.69, 9.17) is 4.74 Å². The summed E-state index contributed by atoms with van der Waals surface area (Å²) < 4.78 is 5.40. The Morgan fingerprint density at radius 3 is 2.61 bits per heavy atom. The average molecular weight is 412 g/mol. The third kappa shape index (κ3) is 4.73. The molecule has 1 aromatic carbocycles. The van der Waals surface area contributed by atoms with Crippen LogP contribution in [0.3, 0.4) is 0 Å². The molecule has 0 radical (unpaired) electrons. The lowest BCUT2D eigenvalue weighted by Gasteiger charge is -2.28. The lowest BCUT2D eigenvalue weighted by molar-refractivity contribution is 0.102.